The summed E-state index contributed by atoms with van der Waals surface area (Å²) in [5.74, 6) is 2.53. The Hall–Kier alpha value is -1.22. The number of hydrogen-bond donors (Lipinski definition) is 1. The van der Waals surface area contributed by atoms with Crippen molar-refractivity contribution in [2.45, 2.75) is 51.7 Å². The van der Waals surface area contributed by atoms with Crippen LogP contribution in [0.25, 0.3) is 0 Å². The van der Waals surface area contributed by atoms with Gasteiger partial charge in [0.2, 0.25) is 0 Å². The first-order valence-corrected chi connectivity index (χ1v) is 7.38. The predicted molar refractivity (Wildman–Crippen MR) is 77.6 cm³/mol. The summed E-state index contributed by atoms with van der Waals surface area (Å²) in [6, 6.07) is 7.99. The molecule has 19 heavy (non-hydrogen) atoms. The number of benzene rings is 1. The van der Waals surface area contributed by atoms with E-state index in [9.17, 15) is 0 Å². The molecular weight excluding hydrogens is 238 g/mol. The highest BCUT2D eigenvalue weighted by molar-refractivity contribution is 5.31. The van der Waals surface area contributed by atoms with Crippen molar-refractivity contribution in [2.75, 3.05) is 6.61 Å². The predicted octanol–water partition coefficient (Wildman–Crippen LogP) is 3.37. The van der Waals surface area contributed by atoms with E-state index in [0.29, 0.717) is 6.61 Å². The van der Waals surface area contributed by atoms with Crippen LogP contribution in [0.15, 0.2) is 24.3 Å². The lowest BCUT2D eigenvalue weighted by molar-refractivity contribution is 0.101. The molecule has 3 unspecified atom stereocenters. The molecule has 0 bridgehead atoms. The van der Waals surface area contributed by atoms with Gasteiger partial charge in [-0.1, -0.05) is 13.3 Å². The van der Waals surface area contributed by atoms with Crippen LogP contribution in [0, 0.1) is 5.92 Å². The second-order valence-corrected chi connectivity index (χ2v) is 5.31. The highest BCUT2D eigenvalue weighted by atomic mass is 16.5. The van der Waals surface area contributed by atoms with Crippen LogP contribution < -0.4 is 15.2 Å². The maximum atomic E-state index is 6.17. The summed E-state index contributed by atoms with van der Waals surface area (Å²) in [6.45, 7) is 4.91. The third kappa shape index (κ3) is 3.87. The van der Waals surface area contributed by atoms with Crippen molar-refractivity contribution in [3.05, 3.63) is 24.3 Å². The zero-order valence-electron chi connectivity index (χ0n) is 12.0. The summed E-state index contributed by atoms with van der Waals surface area (Å²) >= 11 is 0. The highest BCUT2D eigenvalue weighted by Gasteiger charge is 2.28. The Bertz CT molecular complexity index is 377. The molecule has 3 heteroatoms. The number of ether oxygens (including phenoxy) is 2. The summed E-state index contributed by atoms with van der Waals surface area (Å²) in [7, 11) is 0. The van der Waals surface area contributed by atoms with Crippen LogP contribution >= 0.6 is 0 Å². The van der Waals surface area contributed by atoms with E-state index < -0.39 is 0 Å². The van der Waals surface area contributed by atoms with Crippen molar-refractivity contribution in [2.24, 2.45) is 11.7 Å². The van der Waals surface area contributed by atoms with Gasteiger partial charge in [-0.05, 0) is 56.4 Å². The Balaban J connectivity index is 1.95. The van der Waals surface area contributed by atoms with E-state index in [4.69, 9.17) is 15.2 Å². The molecule has 106 valence electrons. The molecule has 2 rings (SSSR count). The Labute approximate surface area is 116 Å². The highest BCUT2D eigenvalue weighted by Crippen LogP contribution is 2.29. The van der Waals surface area contributed by atoms with Crippen LogP contribution in [-0.2, 0) is 0 Å². The zero-order chi connectivity index (χ0) is 13.7. The molecule has 1 saturated carbocycles. The van der Waals surface area contributed by atoms with E-state index in [1.807, 2.05) is 31.2 Å². The minimum atomic E-state index is 0.150. The van der Waals surface area contributed by atoms with Crippen LogP contribution in [0.3, 0.4) is 0 Å². The fourth-order valence-corrected chi connectivity index (χ4v) is 2.70. The largest absolute Gasteiger partial charge is 0.494 e. The first-order valence-electron chi connectivity index (χ1n) is 7.38. The van der Waals surface area contributed by atoms with Crippen molar-refractivity contribution in [1.82, 2.24) is 0 Å². The second-order valence-electron chi connectivity index (χ2n) is 5.31. The van der Waals surface area contributed by atoms with E-state index in [0.717, 1.165) is 30.3 Å². The minimum Gasteiger partial charge on any atom is -0.494 e. The first kappa shape index (κ1) is 14.2. The maximum Gasteiger partial charge on any atom is 0.120 e. The summed E-state index contributed by atoms with van der Waals surface area (Å²) < 4.78 is 11.5. The van der Waals surface area contributed by atoms with Gasteiger partial charge in [-0.15, -0.1) is 0 Å². The van der Waals surface area contributed by atoms with Crippen LogP contribution in [0.5, 0.6) is 11.5 Å². The molecule has 1 aliphatic carbocycles. The van der Waals surface area contributed by atoms with Crippen molar-refractivity contribution in [3.8, 4) is 11.5 Å². The quantitative estimate of drug-likeness (QED) is 0.885. The van der Waals surface area contributed by atoms with Gasteiger partial charge in [-0.25, -0.2) is 0 Å². The summed E-state index contributed by atoms with van der Waals surface area (Å²) in [6.07, 6.45) is 4.75. The molecule has 1 fully saturated rings. The standard InChI is InChI=1S/C16H25NO2/c1-3-12-5-10-15(17)16(11-12)19-14-8-6-13(7-9-14)18-4-2/h6-9,12,15-16H,3-5,10-11,17H2,1-2H3. The smallest absolute Gasteiger partial charge is 0.120 e. The van der Waals surface area contributed by atoms with Gasteiger partial charge in [0.25, 0.3) is 0 Å². The Morgan fingerprint density at radius 1 is 1.11 bits per heavy atom. The van der Waals surface area contributed by atoms with Crippen molar-refractivity contribution in [3.63, 3.8) is 0 Å². The molecule has 0 radical (unpaired) electrons. The lowest BCUT2D eigenvalue weighted by atomic mass is 9.83. The van der Waals surface area contributed by atoms with Crippen LogP contribution in [-0.4, -0.2) is 18.8 Å². The second kappa shape index (κ2) is 6.80. The molecule has 0 amide bonds. The molecule has 3 atom stereocenters. The average Bonchev–Trinajstić information content (AvgIpc) is 2.44. The fourth-order valence-electron chi connectivity index (χ4n) is 2.70. The van der Waals surface area contributed by atoms with Crippen LogP contribution in [0.4, 0.5) is 0 Å². The Kier molecular flexibility index (Phi) is 5.08. The fraction of sp³-hybridized carbons (Fsp3) is 0.625. The minimum absolute atomic E-state index is 0.150. The lowest BCUT2D eigenvalue weighted by Gasteiger charge is -2.33. The maximum absolute atomic E-state index is 6.17. The lowest BCUT2D eigenvalue weighted by Crippen LogP contribution is -2.43. The van der Waals surface area contributed by atoms with Gasteiger partial charge in [0.05, 0.1) is 6.61 Å². The average molecular weight is 263 g/mol. The topological polar surface area (TPSA) is 44.5 Å². The van der Waals surface area contributed by atoms with E-state index in [1.165, 1.54) is 12.8 Å². The van der Waals surface area contributed by atoms with Crippen LogP contribution in [0.2, 0.25) is 0 Å². The summed E-state index contributed by atoms with van der Waals surface area (Å²) in [5, 5.41) is 0. The molecule has 1 aliphatic rings. The molecule has 0 spiro atoms. The van der Waals surface area contributed by atoms with Gasteiger partial charge < -0.3 is 15.2 Å². The van der Waals surface area contributed by atoms with Crippen LogP contribution in [0.1, 0.15) is 39.5 Å². The van der Waals surface area contributed by atoms with Gasteiger partial charge in [-0.3, -0.25) is 0 Å². The first-order chi connectivity index (χ1) is 9.22. The number of rotatable bonds is 5. The normalized spacial score (nSPS) is 27.0. The molecule has 3 nitrogen and oxygen atoms in total. The molecule has 1 aromatic carbocycles. The van der Waals surface area contributed by atoms with E-state index in [-0.39, 0.29) is 12.1 Å². The van der Waals surface area contributed by atoms with E-state index in [2.05, 4.69) is 6.92 Å². The van der Waals surface area contributed by atoms with Crippen molar-refractivity contribution >= 4 is 0 Å². The van der Waals surface area contributed by atoms with Gasteiger partial charge in [-0.2, -0.15) is 0 Å². The molecule has 0 aromatic heterocycles. The van der Waals surface area contributed by atoms with E-state index in [1.54, 1.807) is 0 Å². The SMILES string of the molecule is CCOc1ccc(OC2CC(CC)CCC2N)cc1. The Morgan fingerprint density at radius 3 is 2.42 bits per heavy atom. The molecule has 0 aliphatic heterocycles. The number of nitrogens with two attached hydrogens (primary N) is 1. The summed E-state index contributed by atoms with van der Waals surface area (Å²) in [4.78, 5) is 0. The van der Waals surface area contributed by atoms with Gasteiger partial charge >= 0.3 is 0 Å². The number of hydrogen-bond acceptors (Lipinski definition) is 3. The van der Waals surface area contributed by atoms with Gasteiger partial charge in [0.1, 0.15) is 17.6 Å². The molecule has 0 heterocycles. The third-order valence-corrected chi connectivity index (χ3v) is 3.95. The van der Waals surface area contributed by atoms with Crippen molar-refractivity contribution < 1.29 is 9.47 Å². The summed E-state index contributed by atoms with van der Waals surface area (Å²) in [5.41, 5.74) is 6.17. The molecule has 0 saturated heterocycles. The molecule has 1 aromatic rings. The van der Waals surface area contributed by atoms with E-state index >= 15 is 0 Å². The van der Waals surface area contributed by atoms with Gasteiger partial charge in [0.15, 0.2) is 0 Å². The monoisotopic (exact) mass is 263 g/mol. The zero-order valence-corrected chi connectivity index (χ0v) is 12.0. The van der Waals surface area contributed by atoms with Gasteiger partial charge in [0, 0.05) is 6.04 Å². The molecule has 2 N–H and O–H groups in total. The third-order valence-electron chi connectivity index (χ3n) is 3.95. The van der Waals surface area contributed by atoms with Crippen molar-refractivity contribution in [1.29, 1.82) is 0 Å². The Morgan fingerprint density at radius 2 is 1.79 bits per heavy atom. The molecular formula is C16H25NO2.